The van der Waals surface area contributed by atoms with Gasteiger partial charge in [0.05, 0.1) is 0 Å². The number of hydrogen-bond acceptors (Lipinski definition) is 3. The van der Waals surface area contributed by atoms with Crippen molar-refractivity contribution in [1.29, 1.82) is 0 Å². The number of halogens is 1. The molecule has 0 aromatic carbocycles. The van der Waals surface area contributed by atoms with Gasteiger partial charge in [-0.05, 0) is 29.9 Å². The van der Waals surface area contributed by atoms with Crippen LogP contribution in [0.15, 0.2) is 23.7 Å². The first-order valence-corrected chi connectivity index (χ1v) is 7.27. The molecule has 17 heavy (non-hydrogen) atoms. The molecule has 4 heteroatoms. The van der Waals surface area contributed by atoms with Crippen LogP contribution in [0.3, 0.4) is 0 Å². The molecule has 2 heterocycles. The number of alkyl halides is 1. The number of aromatic nitrogens is 1. The molecule has 2 aromatic heterocycles. The van der Waals surface area contributed by atoms with E-state index in [1.165, 1.54) is 10.1 Å². The van der Waals surface area contributed by atoms with Crippen molar-refractivity contribution in [3.05, 3.63) is 23.7 Å². The molecule has 0 saturated heterocycles. The van der Waals surface area contributed by atoms with Gasteiger partial charge in [0, 0.05) is 28.2 Å². The Morgan fingerprint density at radius 3 is 2.94 bits per heavy atom. The van der Waals surface area contributed by atoms with Gasteiger partial charge in [0.1, 0.15) is 5.82 Å². The minimum atomic E-state index is 0.287. The van der Waals surface area contributed by atoms with E-state index in [-0.39, 0.29) is 6.04 Å². The summed E-state index contributed by atoms with van der Waals surface area (Å²) in [5.41, 5.74) is 0. The van der Waals surface area contributed by atoms with Crippen LogP contribution < -0.4 is 5.32 Å². The monoisotopic (exact) mass is 268 g/mol. The second-order valence-corrected chi connectivity index (χ2v) is 5.87. The van der Waals surface area contributed by atoms with Crippen molar-refractivity contribution in [1.82, 2.24) is 4.98 Å². The molecule has 0 amide bonds. The highest BCUT2D eigenvalue weighted by atomic mass is 35.5. The van der Waals surface area contributed by atoms with Gasteiger partial charge in [-0.2, -0.15) is 0 Å². The maximum absolute atomic E-state index is 6.00. The predicted octanol–water partition coefficient (Wildman–Crippen LogP) is 4.36. The van der Waals surface area contributed by atoms with Crippen molar-refractivity contribution in [2.75, 3.05) is 11.2 Å². The number of thiophene rings is 1. The van der Waals surface area contributed by atoms with Crippen LogP contribution in [0.25, 0.3) is 10.1 Å². The minimum absolute atomic E-state index is 0.287. The van der Waals surface area contributed by atoms with Crippen molar-refractivity contribution < 1.29 is 0 Å². The standard InChI is InChI=1S/C13H17ClN2S/c1-9(2)7-10(8-14)16-13-11-4-6-17-12(11)3-5-15-13/h3-6,9-10H,7-8H2,1-2H3,(H,15,16). The van der Waals surface area contributed by atoms with Gasteiger partial charge in [-0.25, -0.2) is 4.98 Å². The Balaban J connectivity index is 2.19. The summed E-state index contributed by atoms with van der Waals surface area (Å²) in [5, 5.41) is 6.74. The molecule has 0 saturated carbocycles. The van der Waals surface area contributed by atoms with Crippen LogP contribution in [-0.4, -0.2) is 16.9 Å². The average Bonchev–Trinajstić information content (AvgIpc) is 2.76. The summed E-state index contributed by atoms with van der Waals surface area (Å²) < 4.78 is 1.26. The van der Waals surface area contributed by atoms with Crippen molar-refractivity contribution in [2.45, 2.75) is 26.3 Å². The normalized spacial score (nSPS) is 13.2. The van der Waals surface area contributed by atoms with Crippen LogP contribution in [0.4, 0.5) is 5.82 Å². The number of hydrogen-bond donors (Lipinski definition) is 1. The summed E-state index contributed by atoms with van der Waals surface area (Å²) in [6.07, 6.45) is 2.91. The van der Waals surface area contributed by atoms with Gasteiger partial charge in [-0.1, -0.05) is 13.8 Å². The first-order chi connectivity index (χ1) is 8.20. The van der Waals surface area contributed by atoms with E-state index in [9.17, 15) is 0 Å². The highest BCUT2D eigenvalue weighted by Gasteiger charge is 2.12. The van der Waals surface area contributed by atoms with Gasteiger partial charge in [0.25, 0.3) is 0 Å². The van der Waals surface area contributed by atoms with Crippen molar-refractivity contribution >= 4 is 38.8 Å². The Kier molecular flexibility index (Phi) is 4.24. The van der Waals surface area contributed by atoms with Gasteiger partial charge in [0.15, 0.2) is 0 Å². The maximum atomic E-state index is 6.00. The lowest BCUT2D eigenvalue weighted by atomic mass is 10.1. The first-order valence-electron chi connectivity index (χ1n) is 5.85. The van der Waals surface area contributed by atoms with Gasteiger partial charge in [0.2, 0.25) is 0 Å². The number of fused-ring (bicyclic) bond motifs is 1. The Morgan fingerprint density at radius 2 is 2.24 bits per heavy atom. The minimum Gasteiger partial charge on any atom is -0.366 e. The molecule has 1 atom stereocenters. The number of nitrogens with one attached hydrogen (secondary N) is 1. The molecule has 2 aromatic rings. The van der Waals surface area contributed by atoms with Crippen LogP contribution in [-0.2, 0) is 0 Å². The fraction of sp³-hybridized carbons (Fsp3) is 0.462. The topological polar surface area (TPSA) is 24.9 Å². The Morgan fingerprint density at radius 1 is 1.41 bits per heavy atom. The Bertz CT molecular complexity index is 481. The van der Waals surface area contributed by atoms with E-state index < -0.39 is 0 Å². The van der Waals surface area contributed by atoms with E-state index in [1.54, 1.807) is 11.3 Å². The second kappa shape index (κ2) is 5.69. The summed E-state index contributed by atoms with van der Waals surface area (Å²) >= 11 is 7.74. The third-order valence-corrected chi connectivity index (χ3v) is 3.92. The highest BCUT2D eigenvalue weighted by Crippen LogP contribution is 2.26. The lowest BCUT2D eigenvalue weighted by molar-refractivity contribution is 0.542. The quantitative estimate of drug-likeness (QED) is 0.815. The molecule has 0 aliphatic rings. The Labute approximate surface area is 111 Å². The maximum Gasteiger partial charge on any atom is 0.134 e. The molecule has 92 valence electrons. The molecular weight excluding hydrogens is 252 g/mol. The smallest absolute Gasteiger partial charge is 0.134 e. The molecule has 0 fully saturated rings. The average molecular weight is 269 g/mol. The molecule has 0 spiro atoms. The van der Waals surface area contributed by atoms with E-state index >= 15 is 0 Å². The predicted molar refractivity (Wildman–Crippen MR) is 77.2 cm³/mol. The zero-order valence-corrected chi connectivity index (χ0v) is 11.7. The molecule has 0 aliphatic carbocycles. The van der Waals surface area contributed by atoms with Gasteiger partial charge < -0.3 is 5.32 Å². The SMILES string of the molecule is CC(C)CC(CCl)Nc1nccc2sccc12. The van der Waals surface area contributed by atoms with E-state index in [4.69, 9.17) is 11.6 Å². The Hall–Kier alpha value is -0.800. The van der Waals surface area contributed by atoms with Crippen LogP contribution in [0.1, 0.15) is 20.3 Å². The third kappa shape index (κ3) is 3.11. The molecule has 2 nitrogen and oxygen atoms in total. The van der Waals surface area contributed by atoms with Gasteiger partial charge >= 0.3 is 0 Å². The van der Waals surface area contributed by atoms with Crippen LogP contribution in [0.5, 0.6) is 0 Å². The molecule has 1 N–H and O–H groups in total. The summed E-state index contributed by atoms with van der Waals surface area (Å²) in [7, 11) is 0. The molecule has 0 aliphatic heterocycles. The van der Waals surface area contributed by atoms with Crippen molar-refractivity contribution in [3.8, 4) is 0 Å². The van der Waals surface area contributed by atoms with Crippen molar-refractivity contribution in [2.24, 2.45) is 5.92 Å². The molecule has 1 unspecified atom stereocenters. The summed E-state index contributed by atoms with van der Waals surface area (Å²) in [6, 6.07) is 4.44. The lowest BCUT2D eigenvalue weighted by Crippen LogP contribution is -2.23. The first kappa shape index (κ1) is 12.7. The molecular formula is C13H17ClN2S. The van der Waals surface area contributed by atoms with Crippen molar-refractivity contribution in [3.63, 3.8) is 0 Å². The summed E-state index contributed by atoms with van der Waals surface area (Å²) in [6.45, 7) is 4.42. The third-order valence-electron chi connectivity index (χ3n) is 2.66. The number of anilines is 1. The number of rotatable bonds is 5. The van der Waals surface area contributed by atoms with E-state index in [1.807, 2.05) is 12.3 Å². The fourth-order valence-corrected chi connectivity index (χ4v) is 2.92. The number of nitrogens with zero attached hydrogens (tertiary/aromatic N) is 1. The van der Waals surface area contributed by atoms with E-state index in [0.717, 1.165) is 12.2 Å². The molecule has 0 radical (unpaired) electrons. The van der Waals surface area contributed by atoms with Crippen LogP contribution in [0, 0.1) is 5.92 Å². The van der Waals surface area contributed by atoms with E-state index in [0.29, 0.717) is 11.8 Å². The summed E-state index contributed by atoms with van der Waals surface area (Å²) in [5.74, 6) is 2.20. The zero-order valence-electron chi connectivity index (χ0n) is 10.1. The van der Waals surface area contributed by atoms with E-state index in [2.05, 4.69) is 35.6 Å². The number of pyridine rings is 1. The van der Waals surface area contributed by atoms with Gasteiger partial charge in [-0.3, -0.25) is 0 Å². The molecule has 0 bridgehead atoms. The highest BCUT2D eigenvalue weighted by molar-refractivity contribution is 7.17. The molecule has 2 rings (SSSR count). The fourth-order valence-electron chi connectivity index (χ4n) is 1.93. The summed E-state index contributed by atoms with van der Waals surface area (Å²) in [4.78, 5) is 4.41. The lowest BCUT2D eigenvalue weighted by Gasteiger charge is -2.19. The van der Waals surface area contributed by atoms with Crippen LogP contribution in [0.2, 0.25) is 0 Å². The zero-order chi connectivity index (χ0) is 12.3. The van der Waals surface area contributed by atoms with Crippen LogP contribution >= 0.6 is 22.9 Å². The largest absolute Gasteiger partial charge is 0.366 e. The second-order valence-electron chi connectivity index (χ2n) is 4.62. The van der Waals surface area contributed by atoms with Gasteiger partial charge in [-0.15, -0.1) is 22.9 Å².